The lowest BCUT2D eigenvalue weighted by Crippen LogP contribution is -1.92. The number of aliphatic hydroxyl groups is 1. The fourth-order valence-electron chi connectivity index (χ4n) is 1.40. The zero-order valence-electron chi connectivity index (χ0n) is 8.46. The summed E-state index contributed by atoms with van der Waals surface area (Å²) in [5, 5.41) is 17.8. The highest BCUT2D eigenvalue weighted by molar-refractivity contribution is 5.64. The van der Waals surface area contributed by atoms with Gasteiger partial charge in [0.25, 0.3) is 0 Å². The van der Waals surface area contributed by atoms with Crippen molar-refractivity contribution in [2.45, 2.75) is 6.61 Å². The lowest BCUT2D eigenvalue weighted by molar-refractivity contribution is 0.282. The van der Waals surface area contributed by atoms with Crippen LogP contribution in [0.5, 0.6) is 0 Å². The molecule has 0 aliphatic carbocycles. The molecule has 1 aromatic carbocycles. The largest absolute Gasteiger partial charge is 0.392 e. The summed E-state index contributed by atoms with van der Waals surface area (Å²) in [7, 11) is 0. The molecule has 0 amide bonds. The minimum absolute atomic E-state index is 0.00581. The van der Waals surface area contributed by atoms with Gasteiger partial charge in [0.2, 0.25) is 0 Å². The first-order valence-corrected chi connectivity index (χ1v) is 4.76. The van der Waals surface area contributed by atoms with Crippen LogP contribution in [0.4, 0.5) is 0 Å². The van der Waals surface area contributed by atoms with Gasteiger partial charge in [0.15, 0.2) is 5.69 Å². The third-order valence-corrected chi connectivity index (χ3v) is 2.21. The molecule has 0 aliphatic rings. The Balaban J connectivity index is 2.47. The predicted octanol–water partition coefficient (Wildman–Crippen LogP) is 1.51. The standard InChI is InChI=1S/C12H9N3O/c13-7-11-12(15-6-5-14-11)10-3-1-9(8-16)2-4-10/h1-6,16H,8H2. The number of hydrogen-bond acceptors (Lipinski definition) is 4. The zero-order chi connectivity index (χ0) is 11.4. The van der Waals surface area contributed by atoms with Crippen LogP contribution in [-0.2, 0) is 6.61 Å². The van der Waals surface area contributed by atoms with Crippen molar-refractivity contribution in [2.75, 3.05) is 0 Å². The molecule has 4 heteroatoms. The molecule has 1 N–H and O–H groups in total. The molecule has 0 spiro atoms. The average Bonchev–Trinajstić information content (AvgIpc) is 2.39. The average molecular weight is 211 g/mol. The summed E-state index contributed by atoms with van der Waals surface area (Å²) in [4.78, 5) is 8.07. The third-order valence-electron chi connectivity index (χ3n) is 2.21. The molecule has 0 unspecified atom stereocenters. The lowest BCUT2D eigenvalue weighted by Gasteiger charge is -2.02. The van der Waals surface area contributed by atoms with E-state index < -0.39 is 0 Å². The number of aliphatic hydroxyl groups excluding tert-OH is 1. The monoisotopic (exact) mass is 211 g/mol. The van der Waals surface area contributed by atoms with Crippen molar-refractivity contribution in [3.8, 4) is 17.3 Å². The molecule has 16 heavy (non-hydrogen) atoms. The molecule has 0 bridgehead atoms. The summed E-state index contributed by atoms with van der Waals surface area (Å²) in [6.45, 7) is 0.00581. The molecule has 2 rings (SSSR count). The summed E-state index contributed by atoms with van der Waals surface area (Å²) in [5.74, 6) is 0. The van der Waals surface area contributed by atoms with Crippen LogP contribution in [0.25, 0.3) is 11.3 Å². The van der Waals surface area contributed by atoms with Crippen molar-refractivity contribution < 1.29 is 5.11 Å². The van der Waals surface area contributed by atoms with Crippen LogP contribution in [0.2, 0.25) is 0 Å². The van der Waals surface area contributed by atoms with Crippen molar-refractivity contribution in [2.24, 2.45) is 0 Å². The van der Waals surface area contributed by atoms with Crippen molar-refractivity contribution >= 4 is 0 Å². The Kier molecular flexibility index (Phi) is 2.90. The lowest BCUT2D eigenvalue weighted by atomic mass is 10.1. The van der Waals surface area contributed by atoms with E-state index in [1.165, 1.54) is 6.20 Å². The normalized spacial score (nSPS) is 9.75. The van der Waals surface area contributed by atoms with E-state index in [0.717, 1.165) is 11.1 Å². The van der Waals surface area contributed by atoms with Crippen molar-refractivity contribution in [1.82, 2.24) is 9.97 Å². The van der Waals surface area contributed by atoms with Gasteiger partial charge in [-0.15, -0.1) is 0 Å². The SMILES string of the molecule is N#Cc1nccnc1-c1ccc(CO)cc1. The van der Waals surface area contributed by atoms with Crippen LogP contribution >= 0.6 is 0 Å². The second-order valence-electron chi connectivity index (χ2n) is 3.22. The van der Waals surface area contributed by atoms with Gasteiger partial charge in [-0.2, -0.15) is 5.26 Å². The van der Waals surface area contributed by atoms with E-state index in [2.05, 4.69) is 9.97 Å². The second-order valence-corrected chi connectivity index (χ2v) is 3.22. The maximum atomic E-state index is 8.92. The van der Waals surface area contributed by atoms with Gasteiger partial charge in [-0.25, -0.2) is 4.98 Å². The molecule has 4 nitrogen and oxygen atoms in total. The highest BCUT2D eigenvalue weighted by Crippen LogP contribution is 2.19. The maximum Gasteiger partial charge on any atom is 0.166 e. The first-order chi connectivity index (χ1) is 7.85. The van der Waals surface area contributed by atoms with E-state index in [1.807, 2.05) is 18.2 Å². The van der Waals surface area contributed by atoms with Crippen LogP contribution in [-0.4, -0.2) is 15.1 Å². The van der Waals surface area contributed by atoms with Crippen LogP contribution in [0, 0.1) is 11.3 Å². The molecule has 78 valence electrons. The first kappa shape index (κ1) is 10.3. The summed E-state index contributed by atoms with van der Waals surface area (Å²) in [6, 6.07) is 9.22. The molecular formula is C12H9N3O. The van der Waals surface area contributed by atoms with E-state index in [4.69, 9.17) is 10.4 Å². The molecule has 0 fully saturated rings. The van der Waals surface area contributed by atoms with Gasteiger partial charge in [0.05, 0.1) is 6.61 Å². The van der Waals surface area contributed by atoms with Crippen LogP contribution in [0.1, 0.15) is 11.3 Å². The number of nitriles is 1. The topological polar surface area (TPSA) is 69.8 Å². The molecule has 0 radical (unpaired) electrons. The van der Waals surface area contributed by atoms with Crippen molar-refractivity contribution in [3.63, 3.8) is 0 Å². The molecule has 1 heterocycles. The third kappa shape index (κ3) is 1.90. The van der Waals surface area contributed by atoms with E-state index in [1.54, 1.807) is 18.3 Å². The van der Waals surface area contributed by atoms with Crippen molar-refractivity contribution in [3.05, 3.63) is 47.9 Å². The van der Waals surface area contributed by atoms with Gasteiger partial charge in [0, 0.05) is 18.0 Å². The molecule has 2 aromatic rings. The Morgan fingerprint density at radius 3 is 2.44 bits per heavy atom. The van der Waals surface area contributed by atoms with Crippen LogP contribution in [0.15, 0.2) is 36.7 Å². The minimum Gasteiger partial charge on any atom is -0.392 e. The van der Waals surface area contributed by atoms with E-state index in [-0.39, 0.29) is 6.61 Å². The molecular weight excluding hydrogens is 202 g/mol. The Labute approximate surface area is 92.8 Å². The Bertz CT molecular complexity index is 529. The van der Waals surface area contributed by atoms with Gasteiger partial charge in [-0.3, -0.25) is 4.98 Å². The Morgan fingerprint density at radius 2 is 1.81 bits per heavy atom. The summed E-state index contributed by atoms with van der Waals surface area (Å²) >= 11 is 0. The molecule has 0 saturated carbocycles. The zero-order valence-corrected chi connectivity index (χ0v) is 8.46. The second kappa shape index (κ2) is 4.51. The van der Waals surface area contributed by atoms with Gasteiger partial charge in [0.1, 0.15) is 11.8 Å². The molecule has 0 saturated heterocycles. The minimum atomic E-state index is 0.00581. The smallest absolute Gasteiger partial charge is 0.166 e. The fourth-order valence-corrected chi connectivity index (χ4v) is 1.40. The number of hydrogen-bond donors (Lipinski definition) is 1. The van der Waals surface area contributed by atoms with Crippen molar-refractivity contribution in [1.29, 1.82) is 5.26 Å². The molecule has 1 aromatic heterocycles. The van der Waals surface area contributed by atoms with Gasteiger partial charge in [-0.05, 0) is 5.56 Å². The van der Waals surface area contributed by atoms with Gasteiger partial charge >= 0.3 is 0 Å². The van der Waals surface area contributed by atoms with Crippen LogP contribution in [0.3, 0.4) is 0 Å². The Morgan fingerprint density at radius 1 is 1.12 bits per heavy atom. The summed E-state index contributed by atoms with van der Waals surface area (Å²) in [5.41, 5.74) is 2.52. The number of rotatable bonds is 2. The van der Waals surface area contributed by atoms with E-state index in [0.29, 0.717) is 11.4 Å². The highest BCUT2D eigenvalue weighted by atomic mass is 16.3. The fraction of sp³-hybridized carbons (Fsp3) is 0.0833. The quantitative estimate of drug-likeness (QED) is 0.817. The molecule has 0 aliphatic heterocycles. The first-order valence-electron chi connectivity index (χ1n) is 4.76. The highest BCUT2D eigenvalue weighted by Gasteiger charge is 2.06. The van der Waals surface area contributed by atoms with Crippen LogP contribution < -0.4 is 0 Å². The summed E-state index contributed by atoms with van der Waals surface area (Å²) < 4.78 is 0. The maximum absolute atomic E-state index is 8.92. The van der Waals surface area contributed by atoms with E-state index in [9.17, 15) is 0 Å². The van der Waals surface area contributed by atoms with E-state index >= 15 is 0 Å². The summed E-state index contributed by atoms with van der Waals surface area (Å²) in [6.07, 6.45) is 3.04. The van der Waals surface area contributed by atoms with Gasteiger partial charge in [-0.1, -0.05) is 24.3 Å². The predicted molar refractivity (Wildman–Crippen MR) is 58.1 cm³/mol. The number of benzene rings is 1. The Hall–Kier alpha value is -2.25. The number of nitrogens with zero attached hydrogens (tertiary/aromatic N) is 3. The van der Waals surface area contributed by atoms with Gasteiger partial charge < -0.3 is 5.11 Å². The molecule has 0 atom stereocenters. The number of aromatic nitrogens is 2.